The average Bonchev–Trinajstić information content (AvgIpc) is 4.05. The van der Waals surface area contributed by atoms with Crippen LogP contribution in [0.5, 0.6) is 0 Å². The fourth-order valence-corrected chi connectivity index (χ4v) is 8.26. The molecule has 0 spiro atoms. The van der Waals surface area contributed by atoms with Gasteiger partial charge in [-0.05, 0) is 96.9 Å². The summed E-state index contributed by atoms with van der Waals surface area (Å²) in [4.78, 5) is 9.52. The number of furan rings is 2. The molecule has 0 bridgehead atoms. The number of benzene rings is 8. The fraction of sp³-hybridized carbons (Fsp3) is 0.0192. The van der Waals surface area contributed by atoms with Crippen LogP contribution in [-0.2, 0) is 0 Å². The standard InChI is InChI=1S/C45H28N6O2.C7H8/c46-43(26-9-2-1-3-10-26)49-44(47)29-19-22-39-31(25-29)30-23-27(17-20-38(30)52-39)28-18-21-40-32(24-28)42-37(15-8-16-41(42)53-40)51-36-14-7-6-13-35(36)50-34-12-5-4-11-33(34)48-45(50)51;1-7-5-3-2-4-6-7/h1-25H,(H3,46,47,49);2-6H,1H3. The molecular formula is C52H36N6O2. The number of imidazole rings is 2. The molecule has 0 aliphatic carbocycles. The van der Waals surface area contributed by atoms with Crippen LogP contribution >= 0.6 is 0 Å². The van der Waals surface area contributed by atoms with Crippen LogP contribution in [-0.4, -0.2) is 25.6 Å². The summed E-state index contributed by atoms with van der Waals surface area (Å²) in [5.74, 6) is 1.24. The van der Waals surface area contributed by atoms with E-state index in [1.807, 2.05) is 97.1 Å². The number of nitrogens with one attached hydrogen (secondary N) is 1. The molecule has 0 aliphatic heterocycles. The number of rotatable bonds is 4. The lowest BCUT2D eigenvalue weighted by molar-refractivity contribution is 0.668. The normalized spacial score (nSPS) is 12.0. The summed E-state index contributed by atoms with van der Waals surface area (Å²) in [5, 5.41) is 12.6. The summed E-state index contributed by atoms with van der Waals surface area (Å²) in [7, 11) is 0. The van der Waals surface area contributed by atoms with E-state index in [2.05, 4.69) is 106 Å². The SMILES string of the molecule is Cc1ccccc1.N=C(N=C(N)c1ccccc1)c1ccc2oc3ccc(-c4ccc5oc6cccc(-n7c8ccccc8n8c9ccccc9nc78)c6c5c4)cc3c2c1. The Morgan fingerprint density at radius 2 is 1.15 bits per heavy atom. The van der Waals surface area contributed by atoms with Crippen LogP contribution in [0.1, 0.15) is 16.7 Å². The summed E-state index contributed by atoms with van der Waals surface area (Å²) >= 11 is 0. The Morgan fingerprint density at radius 3 is 1.88 bits per heavy atom. The van der Waals surface area contributed by atoms with Crippen LogP contribution in [0.25, 0.3) is 88.5 Å². The van der Waals surface area contributed by atoms with E-state index >= 15 is 0 Å². The van der Waals surface area contributed by atoms with Gasteiger partial charge in [-0.3, -0.25) is 14.4 Å². The van der Waals surface area contributed by atoms with E-state index in [0.29, 0.717) is 11.4 Å². The summed E-state index contributed by atoms with van der Waals surface area (Å²) in [5.41, 5.74) is 19.4. The highest BCUT2D eigenvalue weighted by molar-refractivity contribution is 6.14. The molecule has 4 heterocycles. The summed E-state index contributed by atoms with van der Waals surface area (Å²) < 4.78 is 17.2. The summed E-state index contributed by atoms with van der Waals surface area (Å²) in [6, 6.07) is 61.0. The Morgan fingerprint density at radius 1 is 0.550 bits per heavy atom. The van der Waals surface area contributed by atoms with Crippen LogP contribution in [0.3, 0.4) is 0 Å². The van der Waals surface area contributed by atoms with Gasteiger partial charge < -0.3 is 14.6 Å². The van der Waals surface area contributed by atoms with Crippen LogP contribution in [0.4, 0.5) is 0 Å². The smallest absolute Gasteiger partial charge is 0.220 e. The number of hydrogen-bond acceptors (Lipinski definition) is 4. The molecule has 0 unspecified atom stereocenters. The molecule has 0 fully saturated rings. The van der Waals surface area contributed by atoms with Crippen LogP contribution in [0.15, 0.2) is 196 Å². The number of amidine groups is 2. The largest absolute Gasteiger partial charge is 0.456 e. The Hall–Kier alpha value is -8.23. The van der Waals surface area contributed by atoms with E-state index in [-0.39, 0.29) is 5.84 Å². The van der Waals surface area contributed by atoms with Crippen molar-refractivity contribution in [3.05, 3.63) is 199 Å². The van der Waals surface area contributed by atoms with Gasteiger partial charge in [0.1, 0.15) is 28.2 Å². The van der Waals surface area contributed by atoms with Gasteiger partial charge in [0.2, 0.25) is 5.78 Å². The van der Waals surface area contributed by atoms with Gasteiger partial charge in [-0.15, -0.1) is 0 Å². The Bertz CT molecular complexity index is 3650. The molecule has 12 rings (SSSR count). The van der Waals surface area contributed by atoms with Crippen molar-refractivity contribution in [2.45, 2.75) is 6.92 Å². The zero-order valence-electron chi connectivity index (χ0n) is 32.5. The highest BCUT2D eigenvalue weighted by Crippen LogP contribution is 2.40. The number of nitrogens with two attached hydrogens (primary N) is 1. The first-order valence-electron chi connectivity index (χ1n) is 19.8. The van der Waals surface area contributed by atoms with Crippen molar-refractivity contribution >= 4 is 83.4 Å². The van der Waals surface area contributed by atoms with Crippen molar-refractivity contribution in [2.75, 3.05) is 0 Å². The molecule has 8 aromatic carbocycles. The molecule has 0 amide bonds. The quantitative estimate of drug-likeness (QED) is 0.137. The third-order valence-corrected chi connectivity index (χ3v) is 11.1. The molecule has 0 radical (unpaired) electrons. The maximum atomic E-state index is 8.72. The Kier molecular flexibility index (Phi) is 8.16. The van der Waals surface area contributed by atoms with E-state index < -0.39 is 0 Å². The first kappa shape index (κ1) is 35.0. The van der Waals surface area contributed by atoms with Crippen LogP contribution in [0.2, 0.25) is 0 Å². The van der Waals surface area contributed by atoms with E-state index in [4.69, 9.17) is 25.0 Å². The Labute approximate surface area is 343 Å². The molecule has 0 saturated heterocycles. The maximum absolute atomic E-state index is 8.72. The number of aliphatic imine (C=N–C) groups is 1. The molecule has 8 heteroatoms. The second-order valence-corrected chi connectivity index (χ2v) is 14.9. The van der Waals surface area contributed by atoms with Gasteiger partial charge in [-0.1, -0.05) is 109 Å². The van der Waals surface area contributed by atoms with Crippen molar-refractivity contribution in [1.29, 1.82) is 5.41 Å². The zero-order chi connectivity index (χ0) is 40.3. The van der Waals surface area contributed by atoms with Gasteiger partial charge >= 0.3 is 0 Å². The molecule has 286 valence electrons. The van der Waals surface area contributed by atoms with Gasteiger partial charge in [0.25, 0.3) is 0 Å². The summed E-state index contributed by atoms with van der Waals surface area (Å²) in [6.45, 7) is 2.08. The van der Waals surface area contributed by atoms with Gasteiger partial charge in [-0.2, -0.15) is 0 Å². The number of aromatic nitrogens is 3. The minimum absolute atomic E-state index is 0.0862. The number of nitrogens with zero attached hydrogens (tertiary/aromatic N) is 4. The van der Waals surface area contributed by atoms with Gasteiger partial charge in [0, 0.05) is 27.3 Å². The van der Waals surface area contributed by atoms with E-state index in [9.17, 15) is 0 Å². The number of fused-ring (bicyclic) bond motifs is 11. The highest BCUT2D eigenvalue weighted by Gasteiger charge is 2.21. The van der Waals surface area contributed by atoms with E-state index in [1.54, 1.807) is 0 Å². The van der Waals surface area contributed by atoms with E-state index in [1.165, 1.54) is 5.56 Å². The van der Waals surface area contributed by atoms with Crippen molar-refractivity contribution in [3.63, 3.8) is 0 Å². The predicted molar refractivity (Wildman–Crippen MR) is 245 cm³/mol. The zero-order valence-corrected chi connectivity index (χ0v) is 32.5. The van der Waals surface area contributed by atoms with Crippen LogP contribution in [0, 0.1) is 12.3 Å². The second kappa shape index (κ2) is 14.0. The molecule has 12 aromatic rings. The molecule has 0 aliphatic rings. The first-order valence-corrected chi connectivity index (χ1v) is 19.8. The molecule has 0 atom stereocenters. The van der Waals surface area contributed by atoms with Crippen molar-refractivity contribution in [1.82, 2.24) is 14.0 Å². The lowest BCUT2D eigenvalue weighted by Gasteiger charge is -2.08. The van der Waals surface area contributed by atoms with Crippen molar-refractivity contribution < 1.29 is 8.83 Å². The molecule has 3 N–H and O–H groups in total. The third-order valence-electron chi connectivity index (χ3n) is 11.1. The number of hydrogen-bond donors (Lipinski definition) is 2. The van der Waals surface area contributed by atoms with E-state index in [0.717, 1.165) is 94.1 Å². The number of aryl methyl sites for hydroxylation is 1. The lowest BCUT2D eigenvalue weighted by Crippen LogP contribution is -2.15. The van der Waals surface area contributed by atoms with Crippen molar-refractivity contribution in [3.8, 4) is 16.8 Å². The maximum Gasteiger partial charge on any atom is 0.220 e. The third kappa shape index (κ3) is 5.81. The topological polar surface area (TPSA) is 111 Å². The molecule has 60 heavy (non-hydrogen) atoms. The molecule has 4 aromatic heterocycles. The molecule has 0 saturated carbocycles. The first-order chi connectivity index (χ1) is 29.5. The minimum atomic E-state index is 0.0862. The van der Waals surface area contributed by atoms with Gasteiger partial charge in [0.15, 0.2) is 5.84 Å². The molecule has 8 nitrogen and oxygen atoms in total. The van der Waals surface area contributed by atoms with Gasteiger partial charge in [-0.25, -0.2) is 9.98 Å². The fourth-order valence-electron chi connectivity index (χ4n) is 8.26. The molecular weight excluding hydrogens is 741 g/mol. The second-order valence-electron chi connectivity index (χ2n) is 14.9. The minimum Gasteiger partial charge on any atom is -0.456 e. The highest BCUT2D eigenvalue weighted by atomic mass is 16.3. The lowest BCUT2D eigenvalue weighted by atomic mass is 10.00. The van der Waals surface area contributed by atoms with Crippen molar-refractivity contribution in [2.24, 2.45) is 10.7 Å². The summed E-state index contributed by atoms with van der Waals surface area (Å²) in [6.07, 6.45) is 0. The predicted octanol–water partition coefficient (Wildman–Crippen LogP) is 12.6. The Balaban J connectivity index is 0.000000533. The van der Waals surface area contributed by atoms with Gasteiger partial charge in [0.05, 0.1) is 33.1 Å². The number of para-hydroxylation sites is 4. The average molecular weight is 777 g/mol. The monoisotopic (exact) mass is 776 g/mol. The van der Waals surface area contributed by atoms with Crippen LogP contribution < -0.4 is 5.73 Å².